The maximum Gasteiger partial charge on any atom is 0.251 e. The minimum atomic E-state index is -3.52. The molecule has 9 heteroatoms. The number of amides is 1. The van der Waals surface area contributed by atoms with Crippen molar-refractivity contribution in [3.8, 4) is 17.2 Å². The van der Waals surface area contributed by atoms with Crippen LogP contribution in [0.15, 0.2) is 54.6 Å². The summed E-state index contributed by atoms with van der Waals surface area (Å²) < 4.78 is 42.8. The number of methoxy groups -OCH3 is 3. The Morgan fingerprint density at radius 3 is 2.00 bits per heavy atom. The number of nitrogens with zero attached hydrogens (tertiary/aromatic N) is 1. The molecule has 0 fully saturated rings. The van der Waals surface area contributed by atoms with Crippen molar-refractivity contribution >= 4 is 21.6 Å². The van der Waals surface area contributed by atoms with E-state index in [0.717, 1.165) is 22.3 Å². The van der Waals surface area contributed by atoms with E-state index >= 15 is 0 Å². The Balaban J connectivity index is 1.76. The molecule has 0 atom stereocenters. The minimum Gasteiger partial charge on any atom is -0.493 e. The van der Waals surface area contributed by atoms with Crippen LogP contribution in [0.4, 0.5) is 5.69 Å². The third-order valence-corrected chi connectivity index (χ3v) is 6.97. The largest absolute Gasteiger partial charge is 0.493 e. The Morgan fingerprint density at radius 2 is 1.47 bits per heavy atom. The van der Waals surface area contributed by atoms with Crippen LogP contribution < -0.4 is 23.8 Å². The van der Waals surface area contributed by atoms with Gasteiger partial charge < -0.3 is 19.5 Å². The summed E-state index contributed by atoms with van der Waals surface area (Å²) in [6.07, 6.45) is 1.20. The van der Waals surface area contributed by atoms with Gasteiger partial charge in [0.2, 0.25) is 15.8 Å². The van der Waals surface area contributed by atoms with Gasteiger partial charge in [0.25, 0.3) is 5.91 Å². The molecule has 0 aliphatic rings. The molecule has 0 saturated carbocycles. The van der Waals surface area contributed by atoms with Gasteiger partial charge in [0.05, 0.1) is 39.8 Å². The highest BCUT2D eigenvalue weighted by Crippen LogP contribution is 2.39. The Morgan fingerprint density at radius 1 is 0.861 bits per heavy atom. The summed E-state index contributed by atoms with van der Waals surface area (Å²) in [5.74, 6) is 1.20. The number of ether oxygens (including phenoxy) is 3. The van der Waals surface area contributed by atoms with Crippen molar-refractivity contribution in [1.82, 2.24) is 5.32 Å². The zero-order valence-electron chi connectivity index (χ0n) is 21.4. The lowest BCUT2D eigenvalue weighted by molar-refractivity contribution is 0.0950. The topological polar surface area (TPSA) is 94.2 Å². The van der Waals surface area contributed by atoms with E-state index in [0.29, 0.717) is 28.5 Å². The van der Waals surface area contributed by atoms with Crippen LogP contribution >= 0.6 is 0 Å². The highest BCUT2D eigenvalue weighted by Gasteiger charge is 2.22. The fraction of sp³-hybridized carbons (Fsp3) is 0.296. The number of sulfonamides is 1. The Labute approximate surface area is 212 Å². The highest BCUT2D eigenvalue weighted by molar-refractivity contribution is 7.92. The molecule has 192 valence electrons. The molecule has 0 aliphatic heterocycles. The summed E-state index contributed by atoms with van der Waals surface area (Å²) in [7, 11) is 1.07. The van der Waals surface area contributed by atoms with E-state index in [1.54, 1.807) is 43.5 Å². The zero-order chi connectivity index (χ0) is 26.5. The molecule has 3 aromatic rings. The van der Waals surface area contributed by atoms with E-state index in [1.165, 1.54) is 24.8 Å². The van der Waals surface area contributed by atoms with Crippen molar-refractivity contribution in [2.45, 2.75) is 26.9 Å². The summed E-state index contributed by atoms with van der Waals surface area (Å²) >= 11 is 0. The summed E-state index contributed by atoms with van der Waals surface area (Å²) in [4.78, 5) is 12.8. The van der Waals surface area contributed by atoms with Gasteiger partial charge in [-0.3, -0.25) is 9.10 Å². The van der Waals surface area contributed by atoms with Gasteiger partial charge in [-0.1, -0.05) is 30.3 Å². The third kappa shape index (κ3) is 5.91. The van der Waals surface area contributed by atoms with Crippen molar-refractivity contribution in [2.24, 2.45) is 0 Å². The number of aryl methyl sites for hydroxylation is 2. The summed E-state index contributed by atoms with van der Waals surface area (Å²) in [5, 5.41) is 2.88. The van der Waals surface area contributed by atoms with Crippen LogP contribution in [0.5, 0.6) is 17.2 Å². The third-order valence-electron chi connectivity index (χ3n) is 5.86. The first-order valence-corrected chi connectivity index (χ1v) is 13.1. The second-order valence-corrected chi connectivity index (χ2v) is 10.3. The van der Waals surface area contributed by atoms with Crippen LogP contribution in [0.3, 0.4) is 0 Å². The van der Waals surface area contributed by atoms with Crippen LogP contribution in [0, 0.1) is 13.8 Å². The zero-order valence-corrected chi connectivity index (χ0v) is 22.2. The van der Waals surface area contributed by atoms with Crippen molar-refractivity contribution in [3.63, 3.8) is 0 Å². The van der Waals surface area contributed by atoms with Crippen LogP contribution in [-0.2, 0) is 23.1 Å². The maximum atomic E-state index is 12.8. The molecule has 0 unspecified atom stereocenters. The Bertz CT molecular complexity index is 1320. The van der Waals surface area contributed by atoms with Crippen molar-refractivity contribution in [1.29, 1.82) is 0 Å². The Kier molecular flexibility index (Phi) is 8.47. The van der Waals surface area contributed by atoms with Crippen molar-refractivity contribution in [3.05, 3.63) is 82.4 Å². The molecule has 1 amide bonds. The molecule has 0 radical (unpaired) electrons. The average molecular weight is 513 g/mol. The summed E-state index contributed by atoms with van der Waals surface area (Å²) in [6, 6.07) is 16.1. The van der Waals surface area contributed by atoms with Crippen LogP contribution in [-0.4, -0.2) is 41.9 Å². The molecular weight excluding hydrogens is 480 g/mol. The molecule has 0 aromatic heterocycles. The van der Waals surface area contributed by atoms with Crippen LogP contribution in [0.25, 0.3) is 0 Å². The van der Waals surface area contributed by atoms with Gasteiger partial charge in [0, 0.05) is 17.7 Å². The van der Waals surface area contributed by atoms with Crippen LogP contribution in [0.2, 0.25) is 0 Å². The molecule has 0 aliphatic carbocycles. The second kappa shape index (κ2) is 11.3. The van der Waals surface area contributed by atoms with Gasteiger partial charge in [-0.25, -0.2) is 8.42 Å². The van der Waals surface area contributed by atoms with Gasteiger partial charge >= 0.3 is 0 Å². The smallest absolute Gasteiger partial charge is 0.251 e. The van der Waals surface area contributed by atoms with E-state index in [2.05, 4.69) is 5.32 Å². The molecule has 0 heterocycles. The molecule has 36 heavy (non-hydrogen) atoms. The molecule has 1 N–H and O–H groups in total. The van der Waals surface area contributed by atoms with Gasteiger partial charge in [0.15, 0.2) is 11.5 Å². The molecular formula is C27H32N2O6S. The average Bonchev–Trinajstić information content (AvgIpc) is 2.85. The predicted octanol–water partition coefficient (Wildman–Crippen LogP) is 4.23. The lowest BCUT2D eigenvalue weighted by Gasteiger charge is -2.26. The highest BCUT2D eigenvalue weighted by atomic mass is 32.2. The molecule has 0 bridgehead atoms. The van der Waals surface area contributed by atoms with Gasteiger partial charge in [-0.05, 0) is 54.8 Å². The number of hydrogen-bond acceptors (Lipinski definition) is 6. The number of nitrogens with one attached hydrogen (secondary N) is 1. The quantitative estimate of drug-likeness (QED) is 0.437. The fourth-order valence-electron chi connectivity index (χ4n) is 4.07. The first-order valence-electron chi connectivity index (χ1n) is 11.3. The number of carbonyl (C=O) groups excluding carboxylic acids is 1. The molecule has 0 saturated heterocycles. The monoisotopic (exact) mass is 512 g/mol. The Hall–Kier alpha value is -3.72. The van der Waals surface area contributed by atoms with E-state index in [4.69, 9.17) is 14.2 Å². The van der Waals surface area contributed by atoms with Crippen LogP contribution in [0.1, 0.15) is 32.6 Å². The lowest BCUT2D eigenvalue weighted by Crippen LogP contribution is -2.30. The molecule has 0 spiro atoms. The summed E-state index contributed by atoms with van der Waals surface area (Å²) in [6.45, 7) is 4.16. The lowest BCUT2D eigenvalue weighted by atomic mass is 10.1. The normalized spacial score (nSPS) is 11.1. The molecule has 3 aromatic carbocycles. The second-order valence-electron chi connectivity index (χ2n) is 8.38. The number of rotatable bonds is 10. The van der Waals surface area contributed by atoms with Gasteiger partial charge in [-0.15, -0.1) is 0 Å². The van der Waals surface area contributed by atoms with E-state index in [1.807, 2.05) is 32.0 Å². The predicted molar refractivity (Wildman–Crippen MR) is 141 cm³/mol. The van der Waals surface area contributed by atoms with Crippen molar-refractivity contribution < 1.29 is 27.4 Å². The molecule has 3 rings (SSSR count). The number of para-hydroxylation sites is 1. The number of benzene rings is 3. The van der Waals surface area contributed by atoms with E-state index in [9.17, 15) is 13.2 Å². The number of carbonyl (C=O) groups is 1. The first-order chi connectivity index (χ1) is 17.1. The standard InChI is InChI=1S/C27H32N2O6S/c1-18-8-7-9-19(2)24(18)29(36(6,31)32)17-20-10-12-21(13-11-20)27(30)28-16-22-14-15-23(33-3)26(35-5)25(22)34-4/h7-15H,16-17H2,1-6H3,(H,28,30). The number of anilines is 1. The fourth-order valence-corrected chi connectivity index (χ4v) is 5.07. The number of hydrogen-bond donors (Lipinski definition) is 1. The minimum absolute atomic E-state index is 0.162. The molecule has 8 nitrogen and oxygen atoms in total. The van der Waals surface area contributed by atoms with E-state index < -0.39 is 10.0 Å². The maximum absolute atomic E-state index is 12.8. The SMILES string of the molecule is COc1ccc(CNC(=O)c2ccc(CN(c3c(C)cccc3C)S(C)(=O)=O)cc2)c(OC)c1OC. The van der Waals surface area contributed by atoms with Gasteiger partial charge in [0.1, 0.15) is 0 Å². The van der Waals surface area contributed by atoms with Gasteiger partial charge in [-0.2, -0.15) is 0 Å². The van der Waals surface area contributed by atoms with E-state index in [-0.39, 0.29) is 19.0 Å². The summed E-state index contributed by atoms with van der Waals surface area (Å²) in [5.41, 5.74) is 4.38. The van der Waals surface area contributed by atoms with Crippen molar-refractivity contribution in [2.75, 3.05) is 31.9 Å². The first kappa shape index (κ1) is 26.9.